The van der Waals surface area contributed by atoms with Crippen LogP contribution in [0.15, 0.2) is 183 Å². The number of hydrogen-bond acceptors (Lipinski definition) is 1. The summed E-state index contributed by atoms with van der Waals surface area (Å²) < 4.78 is 7.40. The zero-order valence-electron chi connectivity index (χ0n) is 28.8. The summed E-state index contributed by atoms with van der Waals surface area (Å²) in [7, 11) is 0. The highest BCUT2D eigenvalue weighted by Crippen LogP contribution is 2.40. The van der Waals surface area contributed by atoms with E-state index in [4.69, 9.17) is 0 Å². The molecule has 7 aromatic carbocycles. The van der Waals surface area contributed by atoms with Crippen LogP contribution in [0, 0.1) is 0 Å². The molecule has 3 aromatic heterocycles. The normalized spacial score (nSPS) is 12.4. The first-order chi connectivity index (χ1) is 25.7. The van der Waals surface area contributed by atoms with Crippen LogP contribution in [0.3, 0.4) is 0 Å². The molecule has 0 aliphatic heterocycles. The lowest BCUT2D eigenvalue weighted by Gasteiger charge is -2.11. The van der Waals surface area contributed by atoms with E-state index in [1.807, 2.05) is 17.4 Å². The fourth-order valence-corrected chi connectivity index (χ4v) is 9.15. The molecule has 0 saturated heterocycles. The highest BCUT2D eigenvalue weighted by molar-refractivity contribution is 7.25. The smallest absolute Gasteiger partial charge is 0.0541 e. The van der Waals surface area contributed by atoms with Crippen molar-refractivity contribution in [3.63, 3.8) is 0 Å². The lowest BCUT2D eigenvalue weighted by molar-refractivity contribution is 1.18. The van der Waals surface area contributed by atoms with Crippen LogP contribution in [-0.4, -0.2) is 9.13 Å². The molecule has 0 aliphatic carbocycles. The highest BCUT2D eigenvalue weighted by Gasteiger charge is 2.16. The predicted molar refractivity (Wildman–Crippen MR) is 227 cm³/mol. The largest absolute Gasteiger partial charge is 0.309 e. The first kappa shape index (κ1) is 30.4. The zero-order chi connectivity index (χ0) is 34.8. The molecule has 3 heterocycles. The van der Waals surface area contributed by atoms with Gasteiger partial charge in [0.2, 0.25) is 0 Å². The van der Waals surface area contributed by atoms with Crippen molar-refractivity contribution in [2.24, 2.45) is 0 Å². The lowest BCUT2D eigenvalue weighted by Crippen LogP contribution is -1.94. The standard InChI is InChI=1S/C49H34N2S/c1-3-11-36(12-4-2)50-44-16-8-5-13-38(44)41-29-33(21-26-46(41)50)32-19-24-37(25-20-32)51-45-17-9-6-14-39(45)42-30-34(22-27-47(42)51)35-23-28-49-43(31-35)40-15-7-10-18-48(40)52-49/h3-31H,1H2,2H3/b12-4-,36-11+. The van der Waals surface area contributed by atoms with Gasteiger partial charge in [0.1, 0.15) is 0 Å². The second kappa shape index (κ2) is 12.1. The Morgan fingerprint density at radius 2 is 1.02 bits per heavy atom. The first-order valence-corrected chi connectivity index (χ1v) is 18.6. The van der Waals surface area contributed by atoms with Crippen LogP contribution in [0.25, 0.3) is 97.4 Å². The molecule has 10 rings (SSSR count). The molecular weight excluding hydrogens is 649 g/mol. The summed E-state index contributed by atoms with van der Waals surface area (Å²) in [5.74, 6) is 0. The van der Waals surface area contributed by atoms with Crippen LogP contribution < -0.4 is 0 Å². The molecule has 0 atom stereocenters. The molecule has 0 spiro atoms. The Hall–Kier alpha value is -6.42. The third-order valence-corrected chi connectivity index (χ3v) is 11.6. The Kier molecular flexibility index (Phi) is 7.09. The molecule has 0 N–H and O–H groups in total. The number of aromatic nitrogens is 2. The van der Waals surface area contributed by atoms with E-state index >= 15 is 0 Å². The van der Waals surface area contributed by atoms with Crippen molar-refractivity contribution < 1.29 is 0 Å². The summed E-state index contributed by atoms with van der Waals surface area (Å²) in [5, 5.41) is 7.65. The van der Waals surface area contributed by atoms with Gasteiger partial charge in [0, 0.05) is 53.1 Å². The van der Waals surface area contributed by atoms with E-state index in [0.29, 0.717) is 0 Å². The maximum atomic E-state index is 3.97. The monoisotopic (exact) mass is 682 g/mol. The van der Waals surface area contributed by atoms with Crippen molar-refractivity contribution in [2.75, 3.05) is 0 Å². The van der Waals surface area contributed by atoms with Crippen molar-refractivity contribution in [2.45, 2.75) is 6.92 Å². The molecule has 3 heteroatoms. The molecule has 0 radical (unpaired) electrons. The van der Waals surface area contributed by atoms with Crippen molar-refractivity contribution in [3.05, 3.63) is 183 Å². The summed E-state index contributed by atoms with van der Waals surface area (Å²) in [4.78, 5) is 0. The molecule has 10 aromatic rings. The predicted octanol–water partition coefficient (Wildman–Crippen LogP) is 14.2. The first-order valence-electron chi connectivity index (χ1n) is 17.7. The summed E-state index contributed by atoms with van der Waals surface area (Å²) in [6, 6.07) is 55.9. The molecule has 0 unspecified atom stereocenters. The van der Waals surface area contributed by atoms with Crippen LogP contribution in [0.4, 0.5) is 0 Å². The van der Waals surface area contributed by atoms with E-state index in [1.54, 1.807) is 0 Å². The van der Waals surface area contributed by atoms with Crippen LogP contribution >= 0.6 is 11.3 Å². The number of hydrogen-bond donors (Lipinski definition) is 0. The molecule has 0 bridgehead atoms. The van der Waals surface area contributed by atoms with Gasteiger partial charge in [-0.2, -0.15) is 0 Å². The van der Waals surface area contributed by atoms with E-state index in [9.17, 15) is 0 Å². The molecule has 0 aliphatic rings. The molecular formula is C49H34N2S. The van der Waals surface area contributed by atoms with Crippen LogP contribution in [0.1, 0.15) is 6.92 Å². The van der Waals surface area contributed by atoms with E-state index < -0.39 is 0 Å². The number of benzene rings is 7. The topological polar surface area (TPSA) is 9.86 Å². The highest BCUT2D eigenvalue weighted by atomic mass is 32.1. The van der Waals surface area contributed by atoms with Gasteiger partial charge < -0.3 is 9.13 Å². The van der Waals surface area contributed by atoms with Crippen LogP contribution in [0.2, 0.25) is 0 Å². The van der Waals surface area contributed by atoms with Crippen molar-refractivity contribution >= 4 is 80.8 Å². The number of nitrogens with zero attached hydrogens (tertiary/aromatic N) is 2. The summed E-state index contributed by atoms with van der Waals surface area (Å²) >= 11 is 1.86. The van der Waals surface area contributed by atoms with Gasteiger partial charge in [0.05, 0.1) is 22.1 Å². The fraction of sp³-hybridized carbons (Fsp3) is 0.0204. The van der Waals surface area contributed by atoms with E-state index in [1.165, 1.54) is 86.0 Å². The van der Waals surface area contributed by atoms with E-state index in [0.717, 1.165) is 11.4 Å². The SMILES string of the molecule is C=C/C=C(\C=C/C)n1c2ccccc2c2cc(-c3ccc(-n4c5ccccc5c5cc(-c6ccc7sc8ccccc8c7c6)ccc54)cc3)ccc21. The molecule has 0 saturated carbocycles. The van der Waals surface area contributed by atoms with Gasteiger partial charge in [-0.15, -0.1) is 11.3 Å². The summed E-state index contributed by atoms with van der Waals surface area (Å²) in [5.41, 5.74) is 11.9. The Labute approximate surface area is 306 Å². The Morgan fingerprint density at radius 3 is 1.77 bits per heavy atom. The number of rotatable bonds is 6. The van der Waals surface area contributed by atoms with Gasteiger partial charge in [-0.05, 0) is 108 Å². The number of allylic oxidation sites excluding steroid dienone is 5. The number of thiophene rings is 1. The quantitative estimate of drug-likeness (QED) is 0.155. The maximum Gasteiger partial charge on any atom is 0.0541 e. The number of fused-ring (bicyclic) bond motifs is 9. The van der Waals surface area contributed by atoms with Crippen LogP contribution in [-0.2, 0) is 0 Å². The molecule has 0 fully saturated rings. The lowest BCUT2D eigenvalue weighted by atomic mass is 10.0. The van der Waals surface area contributed by atoms with Crippen LogP contribution in [0.5, 0.6) is 0 Å². The molecule has 246 valence electrons. The van der Waals surface area contributed by atoms with E-state index in [-0.39, 0.29) is 0 Å². The van der Waals surface area contributed by atoms with Crippen molar-refractivity contribution in [3.8, 4) is 27.9 Å². The van der Waals surface area contributed by atoms with Gasteiger partial charge >= 0.3 is 0 Å². The van der Waals surface area contributed by atoms with Crippen molar-refractivity contribution in [1.29, 1.82) is 0 Å². The fourth-order valence-electron chi connectivity index (χ4n) is 8.07. The van der Waals surface area contributed by atoms with Gasteiger partial charge in [-0.3, -0.25) is 0 Å². The van der Waals surface area contributed by atoms with Gasteiger partial charge in [-0.25, -0.2) is 0 Å². The van der Waals surface area contributed by atoms with Gasteiger partial charge in [-0.1, -0.05) is 104 Å². The third kappa shape index (κ3) is 4.71. The molecule has 2 nitrogen and oxygen atoms in total. The van der Waals surface area contributed by atoms with Gasteiger partial charge in [0.15, 0.2) is 0 Å². The summed E-state index contributed by atoms with van der Waals surface area (Å²) in [6.07, 6.45) is 8.14. The Morgan fingerprint density at radius 1 is 0.500 bits per heavy atom. The minimum Gasteiger partial charge on any atom is -0.309 e. The maximum absolute atomic E-state index is 3.97. The Balaban J connectivity index is 1.06. The second-order valence-corrected chi connectivity index (χ2v) is 14.4. The Bertz CT molecular complexity index is 3090. The van der Waals surface area contributed by atoms with Crippen molar-refractivity contribution in [1.82, 2.24) is 9.13 Å². The minimum atomic E-state index is 1.09. The minimum absolute atomic E-state index is 1.09. The van der Waals surface area contributed by atoms with E-state index in [2.05, 4.69) is 193 Å². The third-order valence-electron chi connectivity index (χ3n) is 10.4. The second-order valence-electron chi connectivity index (χ2n) is 13.4. The zero-order valence-corrected chi connectivity index (χ0v) is 29.6. The van der Waals surface area contributed by atoms with Gasteiger partial charge in [0.25, 0.3) is 0 Å². The number of para-hydroxylation sites is 2. The average molecular weight is 683 g/mol. The summed E-state index contributed by atoms with van der Waals surface area (Å²) in [6.45, 7) is 6.02. The molecule has 0 amide bonds. The average Bonchev–Trinajstić information content (AvgIpc) is 3.85. The molecule has 52 heavy (non-hydrogen) atoms.